The second kappa shape index (κ2) is 8.05. The highest BCUT2D eigenvalue weighted by Crippen LogP contribution is 2.63. The van der Waals surface area contributed by atoms with Crippen molar-refractivity contribution in [2.24, 2.45) is 22.7 Å². The molecule has 8 nitrogen and oxygen atoms in total. The van der Waals surface area contributed by atoms with Gasteiger partial charge >= 0.3 is 6.03 Å². The number of urea groups is 1. The Hall–Kier alpha value is -4.46. The minimum absolute atomic E-state index is 0.246. The van der Waals surface area contributed by atoms with E-state index in [1.807, 2.05) is 55.5 Å². The van der Waals surface area contributed by atoms with Gasteiger partial charge in [0, 0.05) is 12.1 Å². The summed E-state index contributed by atoms with van der Waals surface area (Å²) in [4.78, 5) is 40.9. The number of benzene rings is 3. The van der Waals surface area contributed by atoms with Crippen molar-refractivity contribution in [2.45, 2.75) is 18.3 Å². The molecule has 0 spiro atoms. The van der Waals surface area contributed by atoms with Crippen molar-refractivity contribution in [1.29, 1.82) is 0 Å². The second-order valence-electron chi connectivity index (χ2n) is 9.20. The maximum Gasteiger partial charge on any atom is 0.332 e. The van der Waals surface area contributed by atoms with E-state index < -0.39 is 23.3 Å². The molecule has 1 fully saturated rings. The molecular weight excluding hydrogens is 456 g/mol. The van der Waals surface area contributed by atoms with Crippen LogP contribution < -0.4 is 20.8 Å². The van der Waals surface area contributed by atoms with Crippen molar-refractivity contribution < 1.29 is 19.1 Å². The van der Waals surface area contributed by atoms with E-state index in [0.29, 0.717) is 18.0 Å². The lowest BCUT2D eigenvalue weighted by molar-refractivity contribution is -0.122. The third-order valence-corrected chi connectivity index (χ3v) is 7.53. The van der Waals surface area contributed by atoms with Crippen molar-refractivity contribution in [3.8, 4) is 5.75 Å². The summed E-state index contributed by atoms with van der Waals surface area (Å²) in [6.45, 7) is 2.41. The number of carbonyl (C=O) groups is 3. The van der Waals surface area contributed by atoms with Crippen LogP contribution in [0, 0.1) is 11.8 Å². The summed E-state index contributed by atoms with van der Waals surface area (Å²) in [7, 11) is 0. The molecular formula is C28H24N4O4. The number of hydrogen-bond acceptors (Lipinski definition) is 5. The summed E-state index contributed by atoms with van der Waals surface area (Å²) in [6.07, 6.45) is 1.58. The molecule has 2 atom stereocenters. The number of carbonyl (C=O) groups excluding carboxylic acids is 3. The molecule has 0 saturated carbocycles. The van der Waals surface area contributed by atoms with Crippen molar-refractivity contribution in [3.63, 3.8) is 0 Å². The van der Waals surface area contributed by atoms with Gasteiger partial charge in [0.2, 0.25) is 11.8 Å². The number of anilines is 1. The van der Waals surface area contributed by atoms with E-state index in [1.165, 1.54) is 4.90 Å². The van der Waals surface area contributed by atoms with Crippen LogP contribution in [0.2, 0.25) is 0 Å². The first-order chi connectivity index (χ1) is 17.5. The Morgan fingerprint density at radius 2 is 1.61 bits per heavy atom. The van der Waals surface area contributed by atoms with Gasteiger partial charge in [0.05, 0.1) is 29.5 Å². The van der Waals surface area contributed by atoms with Gasteiger partial charge in [0.1, 0.15) is 5.75 Å². The van der Waals surface area contributed by atoms with Crippen LogP contribution in [0.4, 0.5) is 10.5 Å². The zero-order valence-electron chi connectivity index (χ0n) is 19.5. The quantitative estimate of drug-likeness (QED) is 0.331. The number of amides is 4. The summed E-state index contributed by atoms with van der Waals surface area (Å²) >= 11 is 0. The molecule has 2 bridgehead atoms. The first-order valence-electron chi connectivity index (χ1n) is 11.9. The van der Waals surface area contributed by atoms with Gasteiger partial charge in [-0.1, -0.05) is 48.5 Å². The van der Waals surface area contributed by atoms with Crippen molar-refractivity contribution in [1.82, 2.24) is 5.43 Å². The molecule has 0 radical (unpaired) electrons. The Morgan fingerprint density at radius 1 is 1.00 bits per heavy atom. The standard InChI is InChI=1S/C28H24N4O4/c1-2-36-17-13-11-16(12-14-17)32-25(33)23-22-18-7-3-5-9-20(18)28(24(23)26(32)34,15-30-31-27(29)35)21-10-6-4-8-19(21)22/h3-15,22-24H,2H2,1H3,(H3,29,31,35). The molecule has 3 aromatic carbocycles. The Morgan fingerprint density at radius 3 is 2.19 bits per heavy atom. The summed E-state index contributed by atoms with van der Waals surface area (Å²) in [5.74, 6) is -1.50. The summed E-state index contributed by atoms with van der Waals surface area (Å²) in [5.41, 5.74) is 10.8. The van der Waals surface area contributed by atoms with E-state index in [2.05, 4.69) is 10.5 Å². The number of hydrogen-bond donors (Lipinski definition) is 2. The van der Waals surface area contributed by atoms with Crippen LogP contribution in [0.15, 0.2) is 77.9 Å². The van der Waals surface area contributed by atoms with E-state index in [0.717, 1.165) is 22.3 Å². The Balaban J connectivity index is 1.57. The van der Waals surface area contributed by atoms with E-state index in [1.54, 1.807) is 30.5 Å². The summed E-state index contributed by atoms with van der Waals surface area (Å²) < 4.78 is 5.53. The fourth-order valence-electron chi connectivity index (χ4n) is 6.36. The second-order valence-corrected chi connectivity index (χ2v) is 9.20. The largest absolute Gasteiger partial charge is 0.494 e. The lowest BCUT2D eigenvalue weighted by atomic mass is 9.47. The van der Waals surface area contributed by atoms with Gasteiger partial charge in [-0.15, -0.1) is 0 Å². The minimum Gasteiger partial charge on any atom is -0.494 e. The molecule has 0 aromatic heterocycles. The predicted molar refractivity (Wildman–Crippen MR) is 134 cm³/mol. The number of imide groups is 1. The third-order valence-electron chi connectivity index (χ3n) is 7.53. The smallest absolute Gasteiger partial charge is 0.332 e. The first-order valence-corrected chi connectivity index (χ1v) is 11.9. The fraction of sp³-hybridized carbons (Fsp3) is 0.214. The molecule has 1 heterocycles. The molecule has 36 heavy (non-hydrogen) atoms. The Kier molecular flexibility index (Phi) is 4.93. The number of nitrogens with one attached hydrogen (secondary N) is 1. The molecule has 1 aliphatic heterocycles. The number of hydrazone groups is 1. The number of nitrogens with zero attached hydrogens (tertiary/aromatic N) is 2. The number of nitrogens with two attached hydrogens (primary N) is 1. The van der Waals surface area contributed by atoms with Gasteiger partial charge in [-0.2, -0.15) is 5.10 Å². The van der Waals surface area contributed by atoms with Gasteiger partial charge in [-0.3, -0.25) is 9.59 Å². The zero-order chi connectivity index (χ0) is 25.0. The molecule has 2 unspecified atom stereocenters. The monoisotopic (exact) mass is 480 g/mol. The highest BCUT2D eigenvalue weighted by Gasteiger charge is 2.68. The first kappa shape index (κ1) is 22.0. The number of primary amides is 1. The van der Waals surface area contributed by atoms with Gasteiger partial charge in [-0.25, -0.2) is 15.1 Å². The fourth-order valence-corrected chi connectivity index (χ4v) is 6.36. The van der Waals surface area contributed by atoms with E-state index >= 15 is 0 Å². The van der Waals surface area contributed by atoms with Crippen LogP contribution >= 0.6 is 0 Å². The van der Waals surface area contributed by atoms with Crippen LogP contribution in [-0.4, -0.2) is 30.7 Å². The normalized spacial score (nSPS) is 25.5. The molecule has 180 valence electrons. The van der Waals surface area contributed by atoms with Gasteiger partial charge in [0.25, 0.3) is 0 Å². The topological polar surface area (TPSA) is 114 Å². The average molecular weight is 481 g/mol. The van der Waals surface area contributed by atoms with E-state index in [4.69, 9.17) is 10.5 Å². The van der Waals surface area contributed by atoms with Crippen molar-refractivity contribution >= 4 is 29.7 Å². The van der Waals surface area contributed by atoms with Crippen molar-refractivity contribution in [3.05, 3.63) is 95.1 Å². The molecule has 7 rings (SSSR count). The minimum atomic E-state index is -1.05. The zero-order valence-corrected chi connectivity index (χ0v) is 19.5. The predicted octanol–water partition coefficient (Wildman–Crippen LogP) is 3.29. The number of rotatable bonds is 5. The van der Waals surface area contributed by atoms with Gasteiger partial charge in [-0.05, 0) is 53.4 Å². The summed E-state index contributed by atoms with van der Waals surface area (Å²) in [5, 5.41) is 4.16. The molecule has 3 N–H and O–H groups in total. The maximum absolute atomic E-state index is 14.2. The van der Waals surface area contributed by atoms with Crippen molar-refractivity contribution in [2.75, 3.05) is 11.5 Å². The Labute approximate surface area is 207 Å². The third kappa shape index (κ3) is 2.87. The summed E-state index contributed by atoms with van der Waals surface area (Å²) in [6, 6.07) is 21.8. The molecule has 4 amide bonds. The average Bonchev–Trinajstić information content (AvgIpc) is 3.16. The van der Waals surface area contributed by atoms with Crippen LogP contribution in [0.5, 0.6) is 5.75 Å². The Bertz CT molecular complexity index is 1380. The van der Waals surface area contributed by atoms with E-state index in [-0.39, 0.29) is 17.7 Å². The van der Waals surface area contributed by atoms with Crippen LogP contribution in [0.25, 0.3) is 0 Å². The SMILES string of the molecule is CCOc1ccc(N2C(=O)C3C4c5ccccc5C(C=NNC(N)=O)(c5ccccc54)C3C2=O)cc1. The van der Waals surface area contributed by atoms with Gasteiger partial charge in [0.15, 0.2) is 0 Å². The van der Waals surface area contributed by atoms with Crippen LogP contribution in [0.1, 0.15) is 35.1 Å². The number of ether oxygens (including phenoxy) is 1. The lowest BCUT2D eigenvalue weighted by Crippen LogP contribution is -2.54. The molecule has 8 heteroatoms. The molecule has 3 aromatic rings. The van der Waals surface area contributed by atoms with Crippen LogP contribution in [0.3, 0.4) is 0 Å². The molecule has 3 aliphatic carbocycles. The van der Waals surface area contributed by atoms with Crippen LogP contribution in [-0.2, 0) is 15.0 Å². The molecule has 1 saturated heterocycles. The highest BCUT2D eigenvalue weighted by molar-refractivity contribution is 6.25. The highest BCUT2D eigenvalue weighted by atomic mass is 16.5. The van der Waals surface area contributed by atoms with E-state index in [9.17, 15) is 14.4 Å². The maximum atomic E-state index is 14.2. The van der Waals surface area contributed by atoms with Gasteiger partial charge < -0.3 is 10.5 Å². The lowest BCUT2D eigenvalue weighted by Gasteiger charge is -2.52. The molecule has 4 aliphatic rings.